The van der Waals surface area contributed by atoms with Gasteiger partial charge in [-0.05, 0) is 37.6 Å². The molecule has 1 amide bonds. The molecule has 0 spiro atoms. The lowest BCUT2D eigenvalue weighted by atomic mass is 10.1. The van der Waals surface area contributed by atoms with Crippen molar-refractivity contribution < 1.29 is 9.36 Å². The van der Waals surface area contributed by atoms with Gasteiger partial charge in [-0.25, -0.2) is 0 Å². The summed E-state index contributed by atoms with van der Waals surface area (Å²) in [5.41, 5.74) is 3.32. The minimum Gasteiger partial charge on any atom is -0.344 e. The lowest BCUT2D eigenvalue weighted by molar-refractivity contribution is -0.690. The van der Waals surface area contributed by atoms with E-state index in [1.165, 1.54) is 5.56 Å². The van der Waals surface area contributed by atoms with Crippen LogP contribution in [0.4, 0.5) is 0 Å². The van der Waals surface area contributed by atoms with E-state index in [9.17, 15) is 4.79 Å². The molecule has 21 heavy (non-hydrogen) atoms. The SMILES string of the molecule is Cc1ccc[n+](CC(=O)N[C@H](C)c2ccc(Cl)cc2)c1C. The average molecular weight is 304 g/mol. The Morgan fingerprint density at radius 3 is 2.57 bits per heavy atom. The monoisotopic (exact) mass is 303 g/mol. The van der Waals surface area contributed by atoms with Crippen molar-refractivity contribution in [2.24, 2.45) is 0 Å². The van der Waals surface area contributed by atoms with E-state index in [0.29, 0.717) is 11.6 Å². The van der Waals surface area contributed by atoms with Crippen molar-refractivity contribution in [1.29, 1.82) is 0 Å². The summed E-state index contributed by atoms with van der Waals surface area (Å²) in [6.45, 7) is 6.35. The highest BCUT2D eigenvalue weighted by Crippen LogP contribution is 2.15. The van der Waals surface area contributed by atoms with Gasteiger partial charge in [0.15, 0.2) is 11.9 Å². The van der Waals surface area contributed by atoms with Crippen LogP contribution in [0.2, 0.25) is 5.02 Å². The zero-order valence-electron chi connectivity index (χ0n) is 12.6. The summed E-state index contributed by atoms with van der Waals surface area (Å²) >= 11 is 5.87. The Kier molecular flexibility index (Phi) is 4.97. The van der Waals surface area contributed by atoms with E-state index in [4.69, 9.17) is 11.6 Å². The van der Waals surface area contributed by atoms with Crippen molar-refractivity contribution >= 4 is 17.5 Å². The van der Waals surface area contributed by atoms with Crippen LogP contribution in [-0.4, -0.2) is 5.91 Å². The fraction of sp³-hybridized carbons (Fsp3) is 0.294. The van der Waals surface area contributed by atoms with Gasteiger partial charge in [-0.2, -0.15) is 4.57 Å². The van der Waals surface area contributed by atoms with Crippen LogP contribution in [0.3, 0.4) is 0 Å². The second-order valence-electron chi connectivity index (χ2n) is 5.25. The van der Waals surface area contributed by atoms with E-state index in [0.717, 1.165) is 11.3 Å². The van der Waals surface area contributed by atoms with Gasteiger partial charge in [0.2, 0.25) is 6.54 Å². The maximum atomic E-state index is 12.2. The Morgan fingerprint density at radius 1 is 1.24 bits per heavy atom. The van der Waals surface area contributed by atoms with Crippen molar-refractivity contribution in [3.8, 4) is 0 Å². The third kappa shape index (κ3) is 4.05. The molecule has 1 aromatic heterocycles. The quantitative estimate of drug-likeness (QED) is 0.865. The summed E-state index contributed by atoms with van der Waals surface area (Å²) in [5, 5.41) is 3.71. The van der Waals surface area contributed by atoms with Crippen LogP contribution in [0.15, 0.2) is 42.6 Å². The van der Waals surface area contributed by atoms with Crippen molar-refractivity contribution in [3.63, 3.8) is 0 Å². The highest BCUT2D eigenvalue weighted by atomic mass is 35.5. The Labute approximate surface area is 130 Å². The van der Waals surface area contributed by atoms with Gasteiger partial charge >= 0.3 is 0 Å². The summed E-state index contributed by atoms with van der Waals surface area (Å²) in [4.78, 5) is 12.2. The molecule has 0 fully saturated rings. The molecule has 1 atom stereocenters. The Bertz CT molecular complexity index is 638. The Hall–Kier alpha value is -1.87. The molecule has 1 N–H and O–H groups in total. The second-order valence-corrected chi connectivity index (χ2v) is 5.68. The minimum atomic E-state index is -0.0412. The average Bonchev–Trinajstić information content (AvgIpc) is 2.44. The first kappa shape index (κ1) is 15.5. The standard InChI is InChI=1S/C17H19ClN2O/c1-12-5-4-10-20(14(12)3)11-17(21)19-13(2)15-6-8-16(18)9-7-15/h4-10,13H,11H2,1-3H3/p+1/t13-/m1/s1. The number of benzene rings is 1. The van der Waals surface area contributed by atoms with Gasteiger partial charge in [0.05, 0.1) is 6.04 Å². The molecule has 1 heterocycles. The van der Waals surface area contributed by atoms with Gasteiger partial charge in [-0.15, -0.1) is 0 Å². The summed E-state index contributed by atoms with van der Waals surface area (Å²) in [6.07, 6.45) is 1.93. The number of nitrogens with zero attached hydrogens (tertiary/aromatic N) is 1. The first-order valence-electron chi connectivity index (χ1n) is 6.98. The predicted octanol–water partition coefficient (Wildman–Crippen LogP) is 3.12. The van der Waals surface area contributed by atoms with Crippen molar-refractivity contribution in [1.82, 2.24) is 5.32 Å². The van der Waals surface area contributed by atoms with Crippen molar-refractivity contribution in [2.75, 3.05) is 0 Å². The minimum absolute atomic E-state index is 0.00356. The summed E-state index contributed by atoms with van der Waals surface area (Å²) in [5.74, 6) is -0.00356. The van der Waals surface area contributed by atoms with Gasteiger partial charge in [0, 0.05) is 23.6 Å². The van der Waals surface area contributed by atoms with Crippen molar-refractivity contribution in [2.45, 2.75) is 33.4 Å². The summed E-state index contributed by atoms with van der Waals surface area (Å²) in [7, 11) is 0. The van der Waals surface area contributed by atoms with Crippen LogP contribution in [0.1, 0.15) is 29.8 Å². The third-order valence-electron chi connectivity index (χ3n) is 3.68. The topological polar surface area (TPSA) is 33.0 Å². The molecule has 0 aliphatic heterocycles. The lowest BCUT2D eigenvalue weighted by Gasteiger charge is -2.13. The zero-order valence-corrected chi connectivity index (χ0v) is 13.3. The fourth-order valence-corrected chi connectivity index (χ4v) is 2.32. The molecule has 0 aliphatic carbocycles. The molecule has 4 heteroatoms. The van der Waals surface area contributed by atoms with Crippen LogP contribution in [0, 0.1) is 13.8 Å². The first-order valence-corrected chi connectivity index (χ1v) is 7.35. The molecular formula is C17H20ClN2O+. The number of carbonyl (C=O) groups is 1. The van der Waals surface area contributed by atoms with E-state index in [-0.39, 0.29) is 11.9 Å². The second kappa shape index (κ2) is 6.72. The third-order valence-corrected chi connectivity index (χ3v) is 3.93. The van der Waals surface area contributed by atoms with Gasteiger partial charge in [0.25, 0.3) is 5.91 Å². The van der Waals surface area contributed by atoms with Crippen LogP contribution in [-0.2, 0) is 11.3 Å². The van der Waals surface area contributed by atoms with Crippen LogP contribution >= 0.6 is 11.6 Å². The first-order chi connectivity index (χ1) is 9.97. The van der Waals surface area contributed by atoms with Gasteiger partial charge in [-0.3, -0.25) is 4.79 Å². The number of hydrogen-bond donors (Lipinski definition) is 1. The van der Waals surface area contributed by atoms with E-state index >= 15 is 0 Å². The number of aryl methyl sites for hydroxylation is 1. The molecule has 0 radical (unpaired) electrons. The van der Waals surface area contributed by atoms with E-state index < -0.39 is 0 Å². The molecule has 2 aromatic rings. The number of nitrogens with one attached hydrogen (secondary N) is 1. The highest BCUT2D eigenvalue weighted by Gasteiger charge is 2.16. The molecule has 0 unspecified atom stereocenters. The Balaban J connectivity index is 2.01. The highest BCUT2D eigenvalue weighted by molar-refractivity contribution is 6.30. The zero-order chi connectivity index (χ0) is 15.4. The molecular weight excluding hydrogens is 284 g/mol. The number of hydrogen-bond acceptors (Lipinski definition) is 1. The largest absolute Gasteiger partial charge is 0.344 e. The molecule has 2 rings (SSSR count). The maximum absolute atomic E-state index is 12.2. The van der Waals surface area contributed by atoms with Crippen LogP contribution in [0.5, 0.6) is 0 Å². The van der Waals surface area contributed by atoms with Crippen LogP contribution < -0.4 is 9.88 Å². The number of pyridine rings is 1. The number of halogens is 1. The number of aromatic nitrogens is 1. The smallest absolute Gasteiger partial charge is 0.286 e. The summed E-state index contributed by atoms with van der Waals surface area (Å²) < 4.78 is 1.96. The van der Waals surface area contributed by atoms with E-state index in [1.54, 1.807) is 0 Å². The molecule has 3 nitrogen and oxygen atoms in total. The predicted molar refractivity (Wildman–Crippen MR) is 84.1 cm³/mol. The van der Waals surface area contributed by atoms with Gasteiger partial charge < -0.3 is 5.32 Å². The van der Waals surface area contributed by atoms with Gasteiger partial charge in [0.1, 0.15) is 0 Å². The number of rotatable bonds is 4. The molecule has 1 aromatic carbocycles. The van der Waals surface area contributed by atoms with Crippen molar-refractivity contribution in [3.05, 3.63) is 64.4 Å². The van der Waals surface area contributed by atoms with Crippen LogP contribution in [0.25, 0.3) is 0 Å². The van der Waals surface area contributed by atoms with E-state index in [1.807, 2.05) is 67.9 Å². The number of carbonyl (C=O) groups excluding carboxylic acids is 1. The summed E-state index contributed by atoms with van der Waals surface area (Å²) in [6, 6.07) is 11.5. The fourth-order valence-electron chi connectivity index (χ4n) is 2.20. The molecule has 0 bridgehead atoms. The molecule has 0 saturated heterocycles. The molecule has 0 saturated carbocycles. The Morgan fingerprint density at radius 2 is 1.90 bits per heavy atom. The molecule has 110 valence electrons. The van der Waals surface area contributed by atoms with E-state index in [2.05, 4.69) is 5.32 Å². The number of amides is 1. The maximum Gasteiger partial charge on any atom is 0.286 e. The molecule has 0 aliphatic rings. The van der Waals surface area contributed by atoms with Gasteiger partial charge in [-0.1, -0.05) is 23.7 Å². The lowest BCUT2D eigenvalue weighted by Crippen LogP contribution is -2.45. The normalized spacial score (nSPS) is 12.0.